The second-order valence-corrected chi connectivity index (χ2v) is 6.11. The third-order valence-corrected chi connectivity index (χ3v) is 3.93. The summed E-state index contributed by atoms with van der Waals surface area (Å²) in [5, 5.41) is 3.56. The summed E-state index contributed by atoms with van der Waals surface area (Å²) < 4.78 is 12.1. The van der Waals surface area contributed by atoms with Crippen LogP contribution in [0.2, 0.25) is 0 Å². The zero-order chi connectivity index (χ0) is 13.5. The van der Waals surface area contributed by atoms with Crippen molar-refractivity contribution in [1.82, 2.24) is 5.32 Å². The predicted octanol–water partition coefficient (Wildman–Crippen LogP) is 3.22. The van der Waals surface area contributed by atoms with Gasteiger partial charge in [0.1, 0.15) is 5.60 Å². The molecule has 104 valence electrons. The lowest BCUT2D eigenvalue weighted by molar-refractivity contribution is 0.132. The first-order valence-corrected chi connectivity index (χ1v) is 7.32. The molecule has 0 fully saturated rings. The van der Waals surface area contributed by atoms with Gasteiger partial charge in [-0.3, -0.25) is 0 Å². The van der Waals surface area contributed by atoms with E-state index in [-0.39, 0.29) is 5.60 Å². The number of hydrogen-bond donors (Lipinski definition) is 1. The third kappa shape index (κ3) is 2.32. The Hall–Kier alpha value is -1.22. The highest BCUT2D eigenvalue weighted by atomic mass is 16.5. The molecule has 1 N–H and O–H groups in total. The van der Waals surface area contributed by atoms with E-state index in [1.807, 2.05) is 0 Å². The average molecular weight is 261 g/mol. The van der Waals surface area contributed by atoms with Crippen LogP contribution in [0.4, 0.5) is 0 Å². The van der Waals surface area contributed by atoms with Gasteiger partial charge in [-0.25, -0.2) is 0 Å². The van der Waals surface area contributed by atoms with Gasteiger partial charge < -0.3 is 14.8 Å². The van der Waals surface area contributed by atoms with E-state index in [9.17, 15) is 0 Å². The summed E-state index contributed by atoms with van der Waals surface area (Å²) in [7, 11) is 0. The van der Waals surface area contributed by atoms with E-state index in [4.69, 9.17) is 9.47 Å². The molecule has 0 radical (unpaired) electrons. The van der Waals surface area contributed by atoms with Crippen LogP contribution in [0.15, 0.2) is 12.1 Å². The second kappa shape index (κ2) is 4.71. The van der Waals surface area contributed by atoms with E-state index in [1.165, 1.54) is 11.1 Å². The van der Waals surface area contributed by atoms with Crippen molar-refractivity contribution in [2.75, 3.05) is 13.2 Å². The second-order valence-electron chi connectivity index (χ2n) is 6.11. The number of ether oxygens (including phenoxy) is 2. The fraction of sp³-hybridized carbons (Fsp3) is 0.625. The van der Waals surface area contributed by atoms with Crippen LogP contribution in [0.5, 0.6) is 11.5 Å². The number of rotatable bonds is 2. The standard InChI is InChI=1S/C16H23NO2/c1-4-17-13-6-5-9-18-15-12(13)8-7-11-10-16(2,3)19-14(11)15/h7-8,13,17H,4-6,9-10H2,1-3H3. The third-order valence-electron chi connectivity index (χ3n) is 3.93. The normalized spacial score (nSPS) is 23.8. The van der Waals surface area contributed by atoms with Crippen molar-refractivity contribution in [2.24, 2.45) is 0 Å². The van der Waals surface area contributed by atoms with Crippen LogP contribution in [0, 0.1) is 0 Å². The van der Waals surface area contributed by atoms with Crippen LogP contribution in [-0.2, 0) is 6.42 Å². The molecule has 1 aromatic rings. The average Bonchev–Trinajstić information content (AvgIpc) is 2.54. The number of benzene rings is 1. The van der Waals surface area contributed by atoms with E-state index in [0.29, 0.717) is 6.04 Å². The molecule has 0 saturated carbocycles. The minimum Gasteiger partial charge on any atom is -0.489 e. The van der Waals surface area contributed by atoms with Gasteiger partial charge in [-0.2, -0.15) is 0 Å². The molecule has 1 atom stereocenters. The summed E-state index contributed by atoms with van der Waals surface area (Å²) in [4.78, 5) is 0. The van der Waals surface area contributed by atoms with Crippen LogP contribution in [0.3, 0.4) is 0 Å². The summed E-state index contributed by atoms with van der Waals surface area (Å²) in [6, 6.07) is 4.82. The van der Waals surface area contributed by atoms with Gasteiger partial charge in [-0.1, -0.05) is 19.1 Å². The molecule has 1 unspecified atom stereocenters. The van der Waals surface area contributed by atoms with Crippen molar-refractivity contribution in [1.29, 1.82) is 0 Å². The van der Waals surface area contributed by atoms with Crippen molar-refractivity contribution >= 4 is 0 Å². The van der Waals surface area contributed by atoms with Crippen LogP contribution in [0.25, 0.3) is 0 Å². The van der Waals surface area contributed by atoms with E-state index >= 15 is 0 Å². The number of fused-ring (bicyclic) bond motifs is 3. The topological polar surface area (TPSA) is 30.5 Å². The fourth-order valence-corrected chi connectivity index (χ4v) is 3.14. The molecular formula is C16H23NO2. The Morgan fingerprint density at radius 2 is 2.16 bits per heavy atom. The molecule has 1 aromatic carbocycles. The maximum atomic E-state index is 6.12. The zero-order valence-corrected chi connectivity index (χ0v) is 12.1. The SMILES string of the molecule is CCNC1CCCOc2c1ccc1c2OC(C)(C)C1. The molecule has 0 aliphatic carbocycles. The first-order chi connectivity index (χ1) is 9.11. The van der Waals surface area contributed by atoms with E-state index < -0.39 is 0 Å². The highest BCUT2D eigenvalue weighted by Gasteiger charge is 2.35. The van der Waals surface area contributed by atoms with Gasteiger partial charge in [-0.15, -0.1) is 0 Å². The quantitative estimate of drug-likeness (QED) is 0.886. The number of nitrogens with one attached hydrogen (secondary N) is 1. The van der Waals surface area contributed by atoms with Crippen molar-refractivity contribution < 1.29 is 9.47 Å². The van der Waals surface area contributed by atoms with Crippen LogP contribution in [0.1, 0.15) is 50.8 Å². The van der Waals surface area contributed by atoms with Gasteiger partial charge in [0, 0.05) is 23.6 Å². The summed E-state index contributed by atoms with van der Waals surface area (Å²) in [5.74, 6) is 1.96. The van der Waals surface area contributed by atoms with Crippen molar-refractivity contribution in [3.63, 3.8) is 0 Å². The lowest BCUT2D eigenvalue weighted by atomic mass is 9.97. The Kier molecular flexibility index (Phi) is 3.17. The Morgan fingerprint density at radius 3 is 2.95 bits per heavy atom. The lowest BCUT2D eigenvalue weighted by Gasteiger charge is -2.21. The van der Waals surface area contributed by atoms with E-state index in [0.717, 1.165) is 43.9 Å². The molecule has 0 amide bonds. The molecule has 3 nitrogen and oxygen atoms in total. The van der Waals surface area contributed by atoms with Gasteiger partial charge in [0.05, 0.1) is 6.61 Å². The molecule has 2 heterocycles. The fourth-order valence-electron chi connectivity index (χ4n) is 3.14. The summed E-state index contributed by atoms with van der Waals surface area (Å²) in [5.41, 5.74) is 2.43. The molecule has 19 heavy (non-hydrogen) atoms. The molecule has 3 rings (SSSR count). The minimum absolute atomic E-state index is 0.110. The largest absolute Gasteiger partial charge is 0.489 e. The Labute approximate surface area is 115 Å². The molecule has 2 aliphatic rings. The molecule has 0 spiro atoms. The van der Waals surface area contributed by atoms with Crippen molar-refractivity contribution in [3.8, 4) is 11.5 Å². The van der Waals surface area contributed by atoms with Gasteiger partial charge in [0.15, 0.2) is 11.5 Å². The first kappa shape index (κ1) is 12.8. The van der Waals surface area contributed by atoms with Crippen molar-refractivity contribution in [3.05, 3.63) is 23.3 Å². The van der Waals surface area contributed by atoms with Gasteiger partial charge in [0.2, 0.25) is 0 Å². The van der Waals surface area contributed by atoms with Crippen molar-refractivity contribution in [2.45, 2.75) is 51.7 Å². The molecular weight excluding hydrogens is 238 g/mol. The Bertz CT molecular complexity index is 482. The van der Waals surface area contributed by atoms with Crippen LogP contribution >= 0.6 is 0 Å². The summed E-state index contributed by atoms with van der Waals surface area (Å²) in [6.45, 7) is 8.19. The van der Waals surface area contributed by atoms with Gasteiger partial charge in [-0.05, 0) is 33.2 Å². The molecule has 0 saturated heterocycles. The highest BCUT2D eigenvalue weighted by Crippen LogP contribution is 2.47. The van der Waals surface area contributed by atoms with Gasteiger partial charge >= 0.3 is 0 Å². The summed E-state index contributed by atoms with van der Waals surface area (Å²) in [6.07, 6.45) is 3.18. The van der Waals surface area contributed by atoms with Crippen LogP contribution in [-0.4, -0.2) is 18.8 Å². The Balaban J connectivity index is 2.03. The predicted molar refractivity (Wildman–Crippen MR) is 76.0 cm³/mol. The maximum absolute atomic E-state index is 6.12. The lowest BCUT2D eigenvalue weighted by Crippen LogP contribution is -2.24. The zero-order valence-electron chi connectivity index (χ0n) is 12.1. The monoisotopic (exact) mass is 261 g/mol. The minimum atomic E-state index is -0.110. The first-order valence-electron chi connectivity index (χ1n) is 7.32. The van der Waals surface area contributed by atoms with Crippen LogP contribution < -0.4 is 14.8 Å². The summed E-state index contributed by atoms with van der Waals surface area (Å²) >= 11 is 0. The highest BCUT2D eigenvalue weighted by molar-refractivity contribution is 5.56. The number of hydrogen-bond acceptors (Lipinski definition) is 3. The smallest absolute Gasteiger partial charge is 0.166 e. The van der Waals surface area contributed by atoms with E-state index in [1.54, 1.807) is 0 Å². The Morgan fingerprint density at radius 1 is 1.32 bits per heavy atom. The molecule has 2 aliphatic heterocycles. The molecule has 0 aromatic heterocycles. The van der Waals surface area contributed by atoms with Gasteiger partial charge in [0.25, 0.3) is 0 Å². The van der Waals surface area contributed by atoms with E-state index in [2.05, 4.69) is 38.2 Å². The molecule has 3 heteroatoms. The molecule has 0 bridgehead atoms. The maximum Gasteiger partial charge on any atom is 0.166 e.